The molecule has 0 saturated carbocycles. The molecule has 0 saturated heterocycles. The molecule has 1 aromatic heterocycles. The zero-order chi connectivity index (χ0) is 11.9. The van der Waals surface area contributed by atoms with E-state index in [-0.39, 0.29) is 0 Å². The number of rotatable bonds is 6. The molecule has 0 aliphatic carbocycles. The second-order valence-corrected chi connectivity index (χ2v) is 3.60. The topological polar surface area (TPSA) is 74.2 Å². The van der Waals surface area contributed by atoms with Crippen molar-refractivity contribution < 1.29 is 9.26 Å². The molecule has 0 amide bonds. The first-order valence-corrected chi connectivity index (χ1v) is 5.58. The minimum Gasteiger partial charge on any atom is -0.485 e. The summed E-state index contributed by atoms with van der Waals surface area (Å²) in [6.45, 7) is 0.939. The van der Waals surface area contributed by atoms with Crippen molar-refractivity contribution in [1.82, 2.24) is 10.1 Å². The van der Waals surface area contributed by atoms with Gasteiger partial charge in [0.05, 0.1) is 0 Å². The van der Waals surface area contributed by atoms with E-state index in [9.17, 15) is 0 Å². The SMILES string of the molecule is NCCCc1nc(COc2ccccc2)no1. The van der Waals surface area contributed by atoms with E-state index in [4.69, 9.17) is 15.0 Å². The third-order valence-electron chi connectivity index (χ3n) is 2.22. The molecule has 0 fully saturated rings. The summed E-state index contributed by atoms with van der Waals surface area (Å²) in [6, 6.07) is 9.54. The first-order valence-electron chi connectivity index (χ1n) is 5.58. The van der Waals surface area contributed by atoms with E-state index in [2.05, 4.69) is 10.1 Å². The van der Waals surface area contributed by atoms with Crippen molar-refractivity contribution in [1.29, 1.82) is 0 Å². The molecule has 2 rings (SSSR count). The summed E-state index contributed by atoms with van der Waals surface area (Å²) < 4.78 is 10.6. The van der Waals surface area contributed by atoms with Crippen LogP contribution in [0.5, 0.6) is 5.75 Å². The lowest BCUT2D eigenvalue weighted by Gasteiger charge is -2.01. The molecule has 0 aliphatic rings. The van der Waals surface area contributed by atoms with Crippen LogP contribution >= 0.6 is 0 Å². The number of aryl methyl sites for hydroxylation is 1. The van der Waals surface area contributed by atoms with Crippen LogP contribution in [-0.2, 0) is 13.0 Å². The van der Waals surface area contributed by atoms with Crippen molar-refractivity contribution >= 4 is 0 Å². The van der Waals surface area contributed by atoms with Gasteiger partial charge < -0.3 is 15.0 Å². The van der Waals surface area contributed by atoms with Crippen LogP contribution in [-0.4, -0.2) is 16.7 Å². The summed E-state index contributed by atoms with van der Waals surface area (Å²) in [4.78, 5) is 4.20. The number of para-hydroxylation sites is 1. The Morgan fingerprint density at radius 2 is 2.06 bits per heavy atom. The number of benzene rings is 1. The molecule has 1 heterocycles. The van der Waals surface area contributed by atoms with Gasteiger partial charge in [-0.15, -0.1) is 0 Å². The van der Waals surface area contributed by atoms with Gasteiger partial charge in [-0.3, -0.25) is 0 Å². The molecule has 90 valence electrons. The van der Waals surface area contributed by atoms with Crippen LogP contribution in [0, 0.1) is 0 Å². The summed E-state index contributed by atoms with van der Waals surface area (Å²) in [5.74, 6) is 1.96. The highest BCUT2D eigenvalue weighted by Crippen LogP contribution is 2.10. The number of ether oxygens (including phenoxy) is 1. The molecule has 0 bridgehead atoms. The molecule has 2 aromatic rings. The van der Waals surface area contributed by atoms with Crippen molar-refractivity contribution in [2.24, 2.45) is 5.73 Å². The molecule has 5 heteroatoms. The standard InChI is InChI=1S/C12H15N3O2/c13-8-4-7-12-14-11(15-17-12)9-16-10-5-2-1-3-6-10/h1-3,5-6H,4,7-9,13H2. The normalized spacial score (nSPS) is 10.4. The van der Waals surface area contributed by atoms with Gasteiger partial charge in [0, 0.05) is 6.42 Å². The van der Waals surface area contributed by atoms with Crippen LogP contribution in [0.25, 0.3) is 0 Å². The maximum atomic E-state index is 5.50. The lowest BCUT2D eigenvalue weighted by atomic mass is 10.3. The number of nitrogens with zero attached hydrogens (tertiary/aromatic N) is 2. The number of aromatic nitrogens is 2. The minimum atomic E-state index is 0.316. The second kappa shape index (κ2) is 6.00. The number of hydrogen-bond donors (Lipinski definition) is 1. The van der Waals surface area contributed by atoms with E-state index in [1.54, 1.807) is 0 Å². The lowest BCUT2D eigenvalue weighted by Crippen LogP contribution is -2.01. The highest BCUT2D eigenvalue weighted by atomic mass is 16.5. The minimum absolute atomic E-state index is 0.316. The van der Waals surface area contributed by atoms with E-state index in [1.807, 2.05) is 30.3 Å². The summed E-state index contributed by atoms with van der Waals surface area (Å²) in [7, 11) is 0. The Morgan fingerprint density at radius 3 is 2.82 bits per heavy atom. The molecule has 0 unspecified atom stereocenters. The van der Waals surface area contributed by atoms with Crippen molar-refractivity contribution in [3.05, 3.63) is 42.0 Å². The molecular formula is C12H15N3O2. The largest absolute Gasteiger partial charge is 0.485 e. The summed E-state index contributed by atoms with van der Waals surface area (Å²) >= 11 is 0. The van der Waals surface area contributed by atoms with Crippen LogP contribution in [0.15, 0.2) is 34.9 Å². The van der Waals surface area contributed by atoms with E-state index < -0.39 is 0 Å². The van der Waals surface area contributed by atoms with Gasteiger partial charge in [-0.05, 0) is 25.1 Å². The molecule has 0 aliphatic heterocycles. The molecule has 0 spiro atoms. The summed E-state index contributed by atoms with van der Waals surface area (Å²) in [6.07, 6.45) is 1.57. The van der Waals surface area contributed by atoms with E-state index in [0.717, 1.165) is 18.6 Å². The van der Waals surface area contributed by atoms with Gasteiger partial charge in [0.2, 0.25) is 11.7 Å². The third kappa shape index (κ3) is 3.57. The third-order valence-corrected chi connectivity index (χ3v) is 2.22. The average molecular weight is 233 g/mol. The van der Waals surface area contributed by atoms with Gasteiger partial charge in [0.25, 0.3) is 0 Å². The molecule has 0 atom stereocenters. The van der Waals surface area contributed by atoms with Crippen LogP contribution in [0.4, 0.5) is 0 Å². The molecule has 17 heavy (non-hydrogen) atoms. The van der Waals surface area contributed by atoms with Crippen molar-refractivity contribution in [2.45, 2.75) is 19.4 Å². The van der Waals surface area contributed by atoms with Gasteiger partial charge in [-0.1, -0.05) is 23.4 Å². The first kappa shape index (κ1) is 11.6. The van der Waals surface area contributed by atoms with E-state index in [1.165, 1.54) is 0 Å². The lowest BCUT2D eigenvalue weighted by molar-refractivity contribution is 0.285. The maximum Gasteiger partial charge on any atom is 0.226 e. The Hall–Kier alpha value is -1.88. The highest BCUT2D eigenvalue weighted by molar-refractivity contribution is 5.20. The average Bonchev–Trinajstić information content (AvgIpc) is 2.83. The van der Waals surface area contributed by atoms with E-state index in [0.29, 0.717) is 24.9 Å². The molecule has 5 nitrogen and oxygen atoms in total. The molecule has 2 N–H and O–H groups in total. The second-order valence-electron chi connectivity index (χ2n) is 3.60. The smallest absolute Gasteiger partial charge is 0.226 e. The van der Waals surface area contributed by atoms with Crippen molar-refractivity contribution in [3.8, 4) is 5.75 Å². The zero-order valence-corrected chi connectivity index (χ0v) is 9.50. The predicted octanol–water partition coefficient (Wildman–Crippen LogP) is 1.54. The van der Waals surface area contributed by atoms with Gasteiger partial charge in [0.1, 0.15) is 5.75 Å². The van der Waals surface area contributed by atoms with Crippen molar-refractivity contribution in [2.75, 3.05) is 6.54 Å². The van der Waals surface area contributed by atoms with Gasteiger partial charge in [-0.25, -0.2) is 0 Å². The van der Waals surface area contributed by atoms with Gasteiger partial charge >= 0.3 is 0 Å². The fourth-order valence-electron chi connectivity index (χ4n) is 1.37. The Morgan fingerprint density at radius 1 is 1.24 bits per heavy atom. The van der Waals surface area contributed by atoms with Crippen LogP contribution in [0.1, 0.15) is 18.1 Å². The van der Waals surface area contributed by atoms with E-state index >= 15 is 0 Å². The van der Waals surface area contributed by atoms with Crippen LogP contribution in [0.3, 0.4) is 0 Å². The zero-order valence-electron chi connectivity index (χ0n) is 9.50. The fourth-order valence-corrected chi connectivity index (χ4v) is 1.37. The fraction of sp³-hybridized carbons (Fsp3) is 0.333. The van der Waals surface area contributed by atoms with Crippen LogP contribution in [0.2, 0.25) is 0 Å². The first-order chi connectivity index (χ1) is 8.38. The Labute approximate surface area is 99.6 Å². The van der Waals surface area contributed by atoms with Crippen LogP contribution < -0.4 is 10.5 Å². The number of nitrogens with two attached hydrogens (primary N) is 1. The number of hydrogen-bond acceptors (Lipinski definition) is 5. The van der Waals surface area contributed by atoms with Gasteiger partial charge in [0.15, 0.2) is 6.61 Å². The molecular weight excluding hydrogens is 218 g/mol. The summed E-state index contributed by atoms with van der Waals surface area (Å²) in [5, 5.41) is 3.83. The maximum absolute atomic E-state index is 5.50. The Kier molecular flexibility index (Phi) is 4.10. The summed E-state index contributed by atoms with van der Waals surface area (Å²) in [5.41, 5.74) is 5.40. The highest BCUT2D eigenvalue weighted by Gasteiger charge is 2.06. The molecule has 0 radical (unpaired) electrons. The Bertz CT molecular complexity index is 442. The monoisotopic (exact) mass is 233 g/mol. The van der Waals surface area contributed by atoms with Crippen molar-refractivity contribution in [3.63, 3.8) is 0 Å². The van der Waals surface area contributed by atoms with Gasteiger partial charge in [-0.2, -0.15) is 4.98 Å². The predicted molar refractivity (Wildman–Crippen MR) is 62.4 cm³/mol. The molecule has 1 aromatic carbocycles. The Balaban J connectivity index is 1.85. The quantitative estimate of drug-likeness (QED) is 0.819.